The highest BCUT2D eigenvalue weighted by Crippen LogP contribution is 2.22. The first-order chi connectivity index (χ1) is 8.89. The van der Waals surface area contributed by atoms with Crippen LogP contribution in [0.25, 0.3) is 0 Å². The molecular formula is C11H19NO5. The van der Waals surface area contributed by atoms with Gasteiger partial charge in [0.2, 0.25) is 0 Å². The minimum Gasteiger partial charge on any atom is -0.480 e. The second-order valence-electron chi connectivity index (χ2n) is 4.96. The Kier molecular flexibility index (Phi) is 2.80. The van der Waals surface area contributed by atoms with Gasteiger partial charge in [-0.1, -0.05) is 0 Å². The van der Waals surface area contributed by atoms with Crippen molar-refractivity contribution >= 4 is 12.1 Å². The van der Waals surface area contributed by atoms with Gasteiger partial charge in [-0.05, 0) is 20.8 Å². The SMILES string of the molecule is [2H]C([2H])([2H])O[C@H]1C[C@H](C(=O)O)N(C(=O)OC(C)(C)C)C1. The number of nitrogens with zero attached hydrogens (tertiary/aromatic N) is 1. The molecule has 6 nitrogen and oxygen atoms in total. The smallest absolute Gasteiger partial charge is 0.411 e. The van der Waals surface area contributed by atoms with Crippen molar-refractivity contribution in [2.24, 2.45) is 0 Å². The molecule has 1 aliphatic rings. The molecule has 0 saturated carbocycles. The van der Waals surface area contributed by atoms with Gasteiger partial charge in [-0.3, -0.25) is 4.90 Å². The molecule has 1 saturated heterocycles. The summed E-state index contributed by atoms with van der Waals surface area (Å²) in [6.45, 7) is 4.86. The monoisotopic (exact) mass is 248 g/mol. The number of amides is 1. The summed E-state index contributed by atoms with van der Waals surface area (Å²) in [7, 11) is -2.63. The van der Waals surface area contributed by atoms with Crippen molar-refractivity contribution in [3.05, 3.63) is 0 Å². The number of methoxy groups -OCH3 is 1. The molecule has 1 amide bonds. The zero-order valence-electron chi connectivity index (χ0n) is 13.1. The molecule has 0 aromatic heterocycles. The van der Waals surface area contributed by atoms with Crippen LogP contribution in [0.15, 0.2) is 0 Å². The third-order valence-electron chi connectivity index (χ3n) is 2.34. The Morgan fingerprint density at radius 2 is 2.12 bits per heavy atom. The van der Waals surface area contributed by atoms with Crippen LogP contribution in [0.1, 0.15) is 31.3 Å². The van der Waals surface area contributed by atoms with Crippen molar-refractivity contribution in [1.82, 2.24) is 4.90 Å². The van der Waals surface area contributed by atoms with Crippen LogP contribution in [0.4, 0.5) is 4.79 Å². The van der Waals surface area contributed by atoms with Gasteiger partial charge >= 0.3 is 12.1 Å². The van der Waals surface area contributed by atoms with Crippen molar-refractivity contribution in [2.45, 2.75) is 44.9 Å². The maximum absolute atomic E-state index is 11.9. The van der Waals surface area contributed by atoms with Crippen molar-refractivity contribution in [3.8, 4) is 0 Å². The molecule has 1 aliphatic heterocycles. The third-order valence-corrected chi connectivity index (χ3v) is 2.34. The van der Waals surface area contributed by atoms with E-state index in [1.807, 2.05) is 0 Å². The fourth-order valence-corrected chi connectivity index (χ4v) is 1.64. The lowest BCUT2D eigenvalue weighted by Gasteiger charge is -2.26. The van der Waals surface area contributed by atoms with E-state index in [9.17, 15) is 9.59 Å². The number of hydrogen-bond acceptors (Lipinski definition) is 4. The Morgan fingerprint density at radius 1 is 1.47 bits per heavy atom. The summed E-state index contributed by atoms with van der Waals surface area (Å²) >= 11 is 0. The molecule has 0 aliphatic carbocycles. The van der Waals surface area contributed by atoms with E-state index in [2.05, 4.69) is 0 Å². The van der Waals surface area contributed by atoms with Gasteiger partial charge in [0, 0.05) is 13.5 Å². The second-order valence-corrected chi connectivity index (χ2v) is 4.96. The Balaban J connectivity index is 2.78. The highest BCUT2D eigenvalue weighted by molar-refractivity contribution is 5.81. The summed E-state index contributed by atoms with van der Waals surface area (Å²) in [5.41, 5.74) is -0.761. The fraction of sp³-hybridized carbons (Fsp3) is 0.818. The summed E-state index contributed by atoms with van der Waals surface area (Å²) in [6.07, 6.45) is -1.72. The van der Waals surface area contributed by atoms with E-state index in [4.69, 9.17) is 18.7 Å². The van der Waals surface area contributed by atoms with Gasteiger partial charge in [-0.2, -0.15) is 0 Å². The number of rotatable bonds is 2. The van der Waals surface area contributed by atoms with Crippen LogP contribution in [0.3, 0.4) is 0 Å². The second kappa shape index (κ2) is 4.91. The molecule has 1 rings (SSSR count). The number of carboxylic acid groups (broad SMARTS) is 1. The number of carboxylic acids is 1. The van der Waals surface area contributed by atoms with Gasteiger partial charge in [0.15, 0.2) is 0 Å². The van der Waals surface area contributed by atoms with Crippen LogP contribution in [0.2, 0.25) is 0 Å². The minimum atomic E-state index is -2.63. The Hall–Kier alpha value is -1.30. The molecule has 0 aromatic carbocycles. The van der Waals surface area contributed by atoms with E-state index in [1.165, 1.54) is 0 Å². The first-order valence-corrected chi connectivity index (χ1v) is 5.29. The van der Waals surface area contributed by atoms with Crippen LogP contribution in [-0.4, -0.2) is 53.4 Å². The average Bonchev–Trinajstić information content (AvgIpc) is 2.56. The summed E-state index contributed by atoms with van der Waals surface area (Å²) in [6, 6.07) is -1.14. The normalized spacial score (nSPS) is 28.2. The van der Waals surface area contributed by atoms with Gasteiger partial charge < -0.3 is 14.6 Å². The molecular weight excluding hydrogens is 226 g/mol. The topological polar surface area (TPSA) is 76.1 Å². The molecule has 17 heavy (non-hydrogen) atoms. The zero-order valence-corrected chi connectivity index (χ0v) is 10.1. The number of ether oxygens (including phenoxy) is 2. The largest absolute Gasteiger partial charge is 0.480 e. The molecule has 0 aromatic rings. The standard InChI is InChI=1S/C11H19NO5/c1-11(2,3)17-10(15)12-6-7(16-4)5-8(12)9(13)14/h7-8H,5-6H2,1-4H3,(H,13,14)/t7-,8+/m0/s1/i4D3. The van der Waals surface area contributed by atoms with Gasteiger partial charge in [-0.25, -0.2) is 9.59 Å². The number of aliphatic carboxylic acids is 1. The number of carbonyl (C=O) groups excluding carboxylic acids is 1. The molecule has 0 spiro atoms. The average molecular weight is 248 g/mol. The number of hydrogen-bond donors (Lipinski definition) is 1. The zero-order chi connectivity index (χ0) is 15.7. The molecule has 1 fully saturated rings. The van der Waals surface area contributed by atoms with Gasteiger partial charge in [0.1, 0.15) is 11.6 Å². The predicted octanol–water partition coefficient (Wildman–Crippen LogP) is 1.10. The van der Waals surface area contributed by atoms with Crippen molar-refractivity contribution < 1.29 is 28.3 Å². The van der Waals surface area contributed by atoms with E-state index < -0.39 is 36.8 Å². The quantitative estimate of drug-likeness (QED) is 0.791. The van der Waals surface area contributed by atoms with Crippen LogP contribution in [-0.2, 0) is 14.3 Å². The van der Waals surface area contributed by atoms with Crippen LogP contribution in [0, 0.1) is 0 Å². The van der Waals surface area contributed by atoms with Gasteiger partial charge in [-0.15, -0.1) is 0 Å². The lowest BCUT2D eigenvalue weighted by Crippen LogP contribution is -2.43. The van der Waals surface area contributed by atoms with Crippen LogP contribution >= 0.6 is 0 Å². The van der Waals surface area contributed by atoms with E-state index in [0.717, 1.165) is 4.90 Å². The van der Waals surface area contributed by atoms with Crippen molar-refractivity contribution in [2.75, 3.05) is 13.6 Å². The number of likely N-dealkylation sites (tertiary alicyclic amines) is 1. The Labute approximate surface area is 105 Å². The number of carbonyl (C=O) groups is 2. The van der Waals surface area contributed by atoms with Crippen molar-refractivity contribution in [3.63, 3.8) is 0 Å². The molecule has 1 heterocycles. The third kappa shape index (κ3) is 3.59. The first-order valence-electron chi connectivity index (χ1n) is 6.79. The highest BCUT2D eigenvalue weighted by Gasteiger charge is 2.41. The van der Waals surface area contributed by atoms with Crippen LogP contribution in [0.5, 0.6) is 0 Å². The highest BCUT2D eigenvalue weighted by atomic mass is 16.6. The van der Waals surface area contributed by atoms with Crippen LogP contribution < -0.4 is 0 Å². The Morgan fingerprint density at radius 3 is 2.59 bits per heavy atom. The van der Waals surface area contributed by atoms with E-state index in [-0.39, 0.29) is 13.0 Å². The summed E-state index contributed by atoms with van der Waals surface area (Å²) in [5, 5.41) is 9.10. The molecule has 0 bridgehead atoms. The van der Waals surface area contributed by atoms with E-state index >= 15 is 0 Å². The molecule has 98 valence electrons. The summed E-state index contributed by atoms with van der Waals surface area (Å²) in [4.78, 5) is 24.1. The van der Waals surface area contributed by atoms with E-state index in [1.54, 1.807) is 20.8 Å². The maximum Gasteiger partial charge on any atom is 0.411 e. The van der Waals surface area contributed by atoms with Crippen molar-refractivity contribution in [1.29, 1.82) is 0 Å². The molecule has 1 N–H and O–H groups in total. The fourth-order valence-electron chi connectivity index (χ4n) is 1.64. The maximum atomic E-state index is 11.9. The predicted molar refractivity (Wildman–Crippen MR) is 59.8 cm³/mol. The minimum absolute atomic E-state index is 0.0764. The molecule has 6 heteroatoms. The van der Waals surface area contributed by atoms with E-state index in [0.29, 0.717) is 0 Å². The van der Waals surface area contributed by atoms with Gasteiger partial charge in [0.05, 0.1) is 16.8 Å². The summed E-state index contributed by atoms with van der Waals surface area (Å²) < 4.78 is 30.9. The lowest BCUT2D eigenvalue weighted by molar-refractivity contribution is -0.142. The molecule has 0 unspecified atom stereocenters. The first kappa shape index (κ1) is 9.70. The van der Waals surface area contributed by atoms with Gasteiger partial charge in [0.25, 0.3) is 0 Å². The lowest BCUT2D eigenvalue weighted by atomic mass is 10.2. The molecule has 0 radical (unpaired) electrons. The summed E-state index contributed by atoms with van der Waals surface area (Å²) in [5.74, 6) is -1.22. The Bertz CT molecular complexity index is 391. The molecule has 2 atom stereocenters.